The number of hydrogen-bond acceptors (Lipinski definition) is 4. The van der Waals surface area contributed by atoms with Crippen molar-refractivity contribution >= 4 is 29.3 Å². The van der Waals surface area contributed by atoms with E-state index in [1.54, 1.807) is 6.08 Å². The van der Waals surface area contributed by atoms with Gasteiger partial charge in [-0.15, -0.1) is 16.8 Å². The molecule has 1 aromatic carbocycles. The molecule has 0 unspecified atom stereocenters. The van der Waals surface area contributed by atoms with Crippen molar-refractivity contribution in [2.45, 2.75) is 17.3 Å². The molecule has 0 saturated carbocycles. The van der Waals surface area contributed by atoms with Gasteiger partial charge in [-0.1, -0.05) is 29.4 Å². The average Bonchev–Trinajstić information content (AvgIpc) is 2.86. The van der Waals surface area contributed by atoms with Crippen LogP contribution in [0.1, 0.15) is 6.92 Å². The van der Waals surface area contributed by atoms with E-state index in [1.807, 2.05) is 42.8 Å². The number of rotatable bonds is 6. The first-order valence-corrected chi connectivity index (χ1v) is 7.99. The van der Waals surface area contributed by atoms with E-state index >= 15 is 0 Å². The van der Waals surface area contributed by atoms with Crippen LogP contribution in [0.3, 0.4) is 0 Å². The molecule has 116 valence electrons. The van der Waals surface area contributed by atoms with Crippen molar-refractivity contribution in [1.29, 1.82) is 0 Å². The second kappa shape index (κ2) is 7.47. The third-order valence-corrected chi connectivity index (χ3v) is 4.40. The first kappa shape index (κ1) is 16.6. The van der Waals surface area contributed by atoms with E-state index < -0.39 is 0 Å². The monoisotopic (exact) mass is 336 g/mol. The molecule has 1 amide bonds. The molecule has 0 spiro atoms. The van der Waals surface area contributed by atoms with Crippen LogP contribution in [0.15, 0.2) is 42.1 Å². The molecule has 0 fully saturated rings. The number of nitrogens with zero attached hydrogens (tertiary/aromatic N) is 3. The second-order valence-electron chi connectivity index (χ2n) is 4.67. The van der Waals surface area contributed by atoms with Gasteiger partial charge in [0, 0.05) is 24.2 Å². The summed E-state index contributed by atoms with van der Waals surface area (Å²) < 4.78 is 1.87. The van der Waals surface area contributed by atoms with Gasteiger partial charge in [-0.3, -0.25) is 4.79 Å². The van der Waals surface area contributed by atoms with E-state index in [0.29, 0.717) is 16.7 Å². The Balaban J connectivity index is 2.12. The van der Waals surface area contributed by atoms with E-state index in [1.165, 1.54) is 11.8 Å². The molecule has 2 aromatic rings. The predicted molar refractivity (Wildman–Crippen MR) is 90.0 cm³/mol. The highest BCUT2D eigenvalue weighted by Gasteiger charge is 2.18. The third kappa shape index (κ3) is 3.90. The summed E-state index contributed by atoms with van der Waals surface area (Å²) >= 11 is 7.26. The molecule has 22 heavy (non-hydrogen) atoms. The van der Waals surface area contributed by atoms with Crippen molar-refractivity contribution in [2.75, 3.05) is 6.54 Å². The Bertz CT molecular complexity index is 669. The smallest absolute Gasteiger partial charge is 0.233 e. The molecule has 0 saturated heterocycles. The van der Waals surface area contributed by atoms with Gasteiger partial charge in [-0.05, 0) is 31.2 Å². The lowest BCUT2D eigenvalue weighted by Crippen LogP contribution is -2.31. The van der Waals surface area contributed by atoms with Crippen molar-refractivity contribution < 1.29 is 4.79 Å². The van der Waals surface area contributed by atoms with Gasteiger partial charge < -0.3 is 9.88 Å². The molecule has 7 heteroatoms. The topological polar surface area (TPSA) is 59.8 Å². The Morgan fingerprint density at radius 3 is 2.77 bits per heavy atom. The minimum Gasteiger partial charge on any atom is -0.352 e. The van der Waals surface area contributed by atoms with Crippen LogP contribution in [-0.2, 0) is 11.8 Å². The number of amides is 1. The summed E-state index contributed by atoms with van der Waals surface area (Å²) in [5.41, 5.74) is 0.926. The number of carbonyl (C=O) groups is 1. The number of halogens is 1. The maximum Gasteiger partial charge on any atom is 0.233 e. The molecule has 1 N–H and O–H groups in total. The Labute approximate surface area is 138 Å². The molecule has 1 atom stereocenters. The molecule has 1 aromatic heterocycles. The average molecular weight is 337 g/mol. The fourth-order valence-corrected chi connectivity index (χ4v) is 2.76. The Kier molecular flexibility index (Phi) is 5.63. The summed E-state index contributed by atoms with van der Waals surface area (Å²) in [6, 6.07) is 7.40. The standard InChI is InChI=1S/C15H17ClN4OS/c1-4-9-17-14(21)10(2)22-15-19-18-13(20(15)3)11-5-7-12(16)8-6-11/h4-8,10H,1,9H2,2-3H3,(H,17,21)/t10-/m1/s1. The van der Waals surface area contributed by atoms with Crippen molar-refractivity contribution in [3.05, 3.63) is 41.9 Å². The number of hydrogen-bond donors (Lipinski definition) is 1. The van der Waals surface area contributed by atoms with Gasteiger partial charge >= 0.3 is 0 Å². The van der Waals surface area contributed by atoms with Crippen molar-refractivity contribution in [3.8, 4) is 11.4 Å². The summed E-state index contributed by atoms with van der Waals surface area (Å²) in [7, 11) is 1.88. The lowest BCUT2D eigenvalue weighted by Gasteiger charge is -2.10. The molecular weight excluding hydrogens is 320 g/mol. The van der Waals surface area contributed by atoms with Crippen LogP contribution in [0.25, 0.3) is 11.4 Å². The normalized spacial score (nSPS) is 12.0. The summed E-state index contributed by atoms with van der Waals surface area (Å²) in [6.45, 7) is 5.87. The first-order chi connectivity index (χ1) is 10.5. The molecule has 5 nitrogen and oxygen atoms in total. The van der Waals surface area contributed by atoms with Crippen LogP contribution in [0.5, 0.6) is 0 Å². The predicted octanol–water partition coefficient (Wildman–Crippen LogP) is 2.92. The zero-order valence-corrected chi connectivity index (χ0v) is 14.0. The molecule has 0 aliphatic carbocycles. The van der Waals surface area contributed by atoms with Crippen LogP contribution in [0, 0.1) is 0 Å². The number of carbonyl (C=O) groups excluding carboxylic acids is 1. The molecule has 2 rings (SSSR count). The molecular formula is C15H17ClN4OS. The van der Waals surface area contributed by atoms with Gasteiger partial charge in [0.1, 0.15) is 0 Å². The summed E-state index contributed by atoms with van der Waals surface area (Å²) in [5, 5.41) is 12.2. The van der Waals surface area contributed by atoms with Crippen LogP contribution in [-0.4, -0.2) is 32.5 Å². The van der Waals surface area contributed by atoms with E-state index in [4.69, 9.17) is 11.6 Å². The number of thioether (sulfide) groups is 1. The molecule has 0 radical (unpaired) electrons. The SMILES string of the molecule is C=CCNC(=O)[C@@H](C)Sc1nnc(-c2ccc(Cl)cc2)n1C. The minimum absolute atomic E-state index is 0.0547. The van der Waals surface area contributed by atoms with Crippen LogP contribution in [0.2, 0.25) is 5.02 Å². The quantitative estimate of drug-likeness (QED) is 0.651. The molecule has 0 aliphatic heterocycles. The minimum atomic E-state index is -0.263. The maximum atomic E-state index is 11.9. The Hall–Kier alpha value is -1.79. The zero-order valence-electron chi connectivity index (χ0n) is 12.4. The van der Waals surface area contributed by atoms with Gasteiger partial charge in [-0.25, -0.2) is 0 Å². The van der Waals surface area contributed by atoms with Crippen LogP contribution >= 0.6 is 23.4 Å². The second-order valence-corrected chi connectivity index (χ2v) is 6.41. The van der Waals surface area contributed by atoms with Crippen LogP contribution < -0.4 is 5.32 Å². The maximum absolute atomic E-state index is 11.9. The van der Waals surface area contributed by atoms with Gasteiger partial charge in [0.05, 0.1) is 5.25 Å². The highest BCUT2D eigenvalue weighted by molar-refractivity contribution is 8.00. The third-order valence-electron chi connectivity index (χ3n) is 3.01. The largest absolute Gasteiger partial charge is 0.352 e. The highest BCUT2D eigenvalue weighted by Crippen LogP contribution is 2.26. The van der Waals surface area contributed by atoms with Crippen molar-refractivity contribution in [3.63, 3.8) is 0 Å². The number of benzene rings is 1. The van der Waals surface area contributed by atoms with Crippen molar-refractivity contribution in [1.82, 2.24) is 20.1 Å². The fourth-order valence-electron chi connectivity index (χ4n) is 1.80. The van der Waals surface area contributed by atoms with Gasteiger partial charge in [0.15, 0.2) is 11.0 Å². The van der Waals surface area contributed by atoms with Gasteiger partial charge in [0.2, 0.25) is 5.91 Å². The number of aromatic nitrogens is 3. The van der Waals surface area contributed by atoms with E-state index in [2.05, 4.69) is 22.1 Å². The molecule has 0 aliphatic rings. The number of nitrogens with one attached hydrogen (secondary N) is 1. The molecule has 0 bridgehead atoms. The van der Waals surface area contributed by atoms with E-state index in [0.717, 1.165) is 11.4 Å². The first-order valence-electron chi connectivity index (χ1n) is 6.73. The Morgan fingerprint density at radius 1 is 1.45 bits per heavy atom. The summed E-state index contributed by atoms with van der Waals surface area (Å²) in [4.78, 5) is 11.9. The molecule has 1 heterocycles. The van der Waals surface area contributed by atoms with E-state index in [-0.39, 0.29) is 11.2 Å². The Morgan fingerprint density at radius 2 is 2.14 bits per heavy atom. The summed E-state index contributed by atoms with van der Waals surface area (Å²) in [6.07, 6.45) is 1.65. The van der Waals surface area contributed by atoms with Gasteiger partial charge in [-0.2, -0.15) is 0 Å². The summed E-state index contributed by atoms with van der Waals surface area (Å²) in [5.74, 6) is 0.679. The van der Waals surface area contributed by atoms with E-state index in [9.17, 15) is 4.79 Å². The lowest BCUT2D eigenvalue weighted by molar-refractivity contribution is -0.120. The zero-order chi connectivity index (χ0) is 16.1. The van der Waals surface area contributed by atoms with Crippen molar-refractivity contribution in [2.24, 2.45) is 7.05 Å². The highest BCUT2D eigenvalue weighted by atomic mass is 35.5. The lowest BCUT2D eigenvalue weighted by atomic mass is 10.2. The fraction of sp³-hybridized carbons (Fsp3) is 0.267. The van der Waals surface area contributed by atoms with Crippen LogP contribution in [0.4, 0.5) is 0 Å². The van der Waals surface area contributed by atoms with Gasteiger partial charge in [0.25, 0.3) is 0 Å².